The normalized spacial score (nSPS) is 10.4. The highest BCUT2D eigenvalue weighted by Gasteiger charge is 2.16. The summed E-state index contributed by atoms with van der Waals surface area (Å²) in [6, 6.07) is 5.59. The van der Waals surface area contributed by atoms with Crippen molar-refractivity contribution >= 4 is 34.4 Å². The first-order chi connectivity index (χ1) is 8.99. The zero-order valence-electron chi connectivity index (χ0n) is 9.41. The summed E-state index contributed by atoms with van der Waals surface area (Å²) in [5.74, 6) is -0.320. The molecule has 0 bridgehead atoms. The minimum Gasteiger partial charge on any atom is -0.302 e. The maximum Gasteiger partial charge on any atom is 0.334 e. The van der Waals surface area contributed by atoms with E-state index in [1.807, 2.05) is 0 Å². The number of Topliss-reactive ketones (excluding diaryl/α,β-unsaturated/α-hetero) is 1. The lowest BCUT2D eigenvalue weighted by Gasteiger charge is -2.02. The third kappa shape index (κ3) is 2.88. The van der Waals surface area contributed by atoms with Gasteiger partial charge in [0.15, 0.2) is 5.78 Å². The van der Waals surface area contributed by atoms with E-state index in [1.165, 1.54) is 12.3 Å². The molecule has 0 aromatic carbocycles. The molecule has 0 spiro atoms. The van der Waals surface area contributed by atoms with Crippen molar-refractivity contribution in [2.45, 2.75) is 6.54 Å². The molecule has 2 heterocycles. The molecular formula is C11H7ClN2O4S. The Kier molecular flexibility index (Phi) is 3.77. The number of hydrogen-bond acceptors (Lipinski definition) is 5. The van der Waals surface area contributed by atoms with Crippen molar-refractivity contribution in [2.24, 2.45) is 0 Å². The standard InChI is InChI=1S/C11H7ClN2O4S/c12-10-4-3-9(19-10)8(15)6-13-5-1-2-7(11(13)16)14(17)18/h1-5H,6H2. The Hall–Kier alpha value is -1.99. The van der Waals surface area contributed by atoms with Gasteiger partial charge in [0.2, 0.25) is 0 Å². The van der Waals surface area contributed by atoms with Crippen molar-refractivity contribution in [3.05, 3.63) is 60.1 Å². The van der Waals surface area contributed by atoms with Gasteiger partial charge in [0.1, 0.15) is 0 Å². The topological polar surface area (TPSA) is 82.2 Å². The van der Waals surface area contributed by atoms with Gasteiger partial charge in [-0.3, -0.25) is 19.7 Å². The molecule has 2 aromatic rings. The number of thiophene rings is 1. The molecule has 0 saturated carbocycles. The quantitative estimate of drug-likeness (QED) is 0.493. The van der Waals surface area contributed by atoms with Crippen LogP contribution in [0.15, 0.2) is 35.3 Å². The monoisotopic (exact) mass is 298 g/mol. The molecule has 0 aliphatic rings. The van der Waals surface area contributed by atoms with Crippen LogP contribution in [-0.2, 0) is 6.54 Å². The molecule has 0 radical (unpaired) electrons. The van der Waals surface area contributed by atoms with Crippen molar-refractivity contribution in [2.75, 3.05) is 0 Å². The zero-order chi connectivity index (χ0) is 14.0. The summed E-state index contributed by atoms with van der Waals surface area (Å²) < 4.78 is 1.48. The number of rotatable bonds is 4. The highest BCUT2D eigenvalue weighted by molar-refractivity contribution is 7.18. The summed E-state index contributed by atoms with van der Waals surface area (Å²) in [4.78, 5) is 33.9. The lowest BCUT2D eigenvalue weighted by molar-refractivity contribution is -0.386. The van der Waals surface area contributed by atoms with Crippen LogP contribution in [-0.4, -0.2) is 15.3 Å². The van der Waals surface area contributed by atoms with Gasteiger partial charge in [0.05, 0.1) is 20.7 Å². The van der Waals surface area contributed by atoms with Crippen molar-refractivity contribution in [3.63, 3.8) is 0 Å². The molecule has 19 heavy (non-hydrogen) atoms. The van der Waals surface area contributed by atoms with E-state index < -0.39 is 16.2 Å². The van der Waals surface area contributed by atoms with Crippen molar-refractivity contribution < 1.29 is 9.72 Å². The third-order valence-electron chi connectivity index (χ3n) is 2.36. The number of nitrogens with zero attached hydrogens (tertiary/aromatic N) is 2. The molecule has 8 heteroatoms. The smallest absolute Gasteiger partial charge is 0.302 e. The van der Waals surface area contributed by atoms with Gasteiger partial charge in [0.25, 0.3) is 0 Å². The minimum absolute atomic E-state index is 0.253. The Morgan fingerprint density at radius 3 is 2.74 bits per heavy atom. The number of ketones is 1. The maximum atomic E-state index is 11.9. The number of carbonyl (C=O) groups is 1. The number of aromatic nitrogens is 1. The molecule has 0 saturated heterocycles. The van der Waals surface area contributed by atoms with Gasteiger partial charge >= 0.3 is 11.2 Å². The van der Waals surface area contributed by atoms with Crippen LogP contribution in [0.25, 0.3) is 0 Å². The lowest BCUT2D eigenvalue weighted by atomic mass is 10.3. The first kappa shape index (κ1) is 13.4. The van der Waals surface area contributed by atoms with Crippen LogP contribution >= 0.6 is 22.9 Å². The van der Waals surface area contributed by atoms with Gasteiger partial charge in [-0.2, -0.15) is 0 Å². The summed E-state index contributed by atoms with van der Waals surface area (Å²) in [6.45, 7) is -0.253. The highest BCUT2D eigenvalue weighted by Crippen LogP contribution is 2.22. The summed E-state index contributed by atoms with van der Waals surface area (Å²) in [5, 5.41) is 10.6. The summed E-state index contributed by atoms with van der Waals surface area (Å²) in [7, 11) is 0. The Morgan fingerprint density at radius 2 is 2.16 bits per heavy atom. The van der Waals surface area contributed by atoms with Crippen LogP contribution in [0.3, 0.4) is 0 Å². The fourth-order valence-electron chi connectivity index (χ4n) is 1.48. The maximum absolute atomic E-state index is 11.9. The van der Waals surface area contributed by atoms with Crippen LogP contribution in [0.1, 0.15) is 9.67 Å². The molecule has 2 rings (SSSR count). The zero-order valence-corrected chi connectivity index (χ0v) is 11.0. The highest BCUT2D eigenvalue weighted by atomic mass is 35.5. The van der Waals surface area contributed by atoms with Crippen LogP contribution in [0, 0.1) is 10.1 Å². The van der Waals surface area contributed by atoms with Gasteiger partial charge in [-0.25, -0.2) is 0 Å². The predicted molar refractivity (Wildman–Crippen MR) is 71.0 cm³/mol. The van der Waals surface area contributed by atoms with E-state index in [9.17, 15) is 19.7 Å². The van der Waals surface area contributed by atoms with Crippen molar-refractivity contribution in [3.8, 4) is 0 Å². The number of carbonyl (C=O) groups excluding carboxylic acids is 1. The van der Waals surface area contributed by atoms with Gasteiger partial charge in [-0.15, -0.1) is 11.3 Å². The van der Waals surface area contributed by atoms with E-state index in [4.69, 9.17) is 11.6 Å². The van der Waals surface area contributed by atoms with Gasteiger partial charge < -0.3 is 4.57 Å². The molecule has 2 aromatic heterocycles. The second-order valence-corrected chi connectivity index (χ2v) is 5.33. The lowest BCUT2D eigenvalue weighted by Crippen LogP contribution is -2.25. The molecule has 6 nitrogen and oxygen atoms in total. The van der Waals surface area contributed by atoms with E-state index in [2.05, 4.69) is 0 Å². The van der Waals surface area contributed by atoms with Crippen LogP contribution in [0.4, 0.5) is 5.69 Å². The van der Waals surface area contributed by atoms with Crippen molar-refractivity contribution in [1.29, 1.82) is 0 Å². The largest absolute Gasteiger partial charge is 0.334 e. The molecule has 0 amide bonds. The average Bonchev–Trinajstić information content (AvgIpc) is 2.78. The molecule has 0 aliphatic heterocycles. The summed E-state index contributed by atoms with van der Waals surface area (Å²) in [5.41, 5.74) is -1.36. The van der Waals surface area contributed by atoms with Crippen LogP contribution in [0.2, 0.25) is 4.34 Å². The Labute approximate surface area is 116 Å². The third-order valence-corrected chi connectivity index (χ3v) is 3.63. The fraction of sp³-hybridized carbons (Fsp3) is 0.0909. The number of pyridine rings is 1. The Morgan fingerprint density at radius 1 is 1.42 bits per heavy atom. The average molecular weight is 299 g/mol. The molecule has 0 fully saturated rings. The van der Waals surface area contributed by atoms with Crippen molar-refractivity contribution in [1.82, 2.24) is 4.57 Å². The van der Waals surface area contributed by atoms with Crippen LogP contribution in [0.5, 0.6) is 0 Å². The van der Waals surface area contributed by atoms with Gasteiger partial charge in [0, 0.05) is 12.3 Å². The van der Waals surface area contributed by atoms with E-state index in [1.54, 1.807) is 12.1 Å². The number of hydrogen-bond donors (Lipinski definition) is 0. The van der Waals surface area contributed by atoms with Crippen LogP contribution < -0.4 is 5.56 Å². The molecule has 0 unspecified atom stereocenters. The Bertz CT molecular complexity index is 707. The molecular weight excluding hydrogens is 292 g/mol. The number of halogens is 1. The number of nitro groups is 1. The SMILES string of the molecule is O=C(Cn1cccc([N+](=O)[O-])c1=O)c1ccc(Cl)s1. The van der Waals surface area contributed by atoms with E-state index in [0.717, 1.165) is 22.0 Å². The second-order valence-electron chi connectivity index (χ2n) is 3.61. The Balaban J connectivity index is 2.29. The van der Waals surface area contributed by atoms with E-state index >= 15 is 0 Å². The fourth-order valence-corrected chi connectivity index (χ4v) is 2.46. The minimum atomic E-state index is -0.802. The first-order valence-electron chi connectivity index (χ1n) is 5.11. The van der Waals surface area contributed by atoms with Gasteiger partial charge in [-0.1, -0.05) is 11.6 Å². The summed E-state index contributed by atoms with van der Waals surface area (Å²) >= 11 is 6.81. The predicted octanol–water partition coefficient (Wildman–Crippen LogP) is 2.35. The second kappa shape index (κ2) is 5.33. The molecule has 98 valence electrons. The first-order valence-corrected chi connectivity index (χ1v) is 6.31. The summed E-state index contributed by atoms with van der Waals surface area (Å²) in [6.07, 6.45) is 1.34. The van der Waals surface area contributed by atoms with Gasteiger partial charge in [-0.05, 0) is 18.2 Å². The molecule has 0 N–H and O–H groups in total. The molecule has 0 atom stereocenters. The van der Waals surface area contributed by atoms with E-state index in [-0.39, 0.29) is 12.3 Å². The molecule has 0 aliphatic carbocycles. The van der Waals surface area contributed by atoms with E-state index in [0.29, 0.717) is 9.21 Å².